The van der Waals surface area contributed by atoms with Crippen LogP contribution in [0, 0.1) is 0 Å². The second-order valence-corrected chi connectivity index (χ2v) is 6.56. The van der Waals surface area contributed by atoms with Gasteiger partial charge in [0.1, 0.15) is 0 Å². The van der Waals surface area contributed by atoms with Crippen LogP contribution in [-0.4, -0.2) is 28.4 Å². The van der Waals surface area contributed by atoms with E-state index < -0.39 is 0 Å². The fourth-order valence-corrected chi connectivity index (χ4v) is 2.99. The van der Waals surface area contributed by atoms with E-state index in [4.69, 9.17) is 0 Å². The molecule has 1 N–H and O–H groups in total. The number of hydrogen-bond donors (Lipinski definition) is 1. The molecule has 0 spiro atoms. The molecule has 0 unspecified atom stereocenters. The SMILES string of the molecule is Cn1cc(CCN2CC(C)(C)NCc3ccccc32)cn1. The van der Waals surface area contributed by atoms with Crippen LogP contribution < -0.4 is 10.2 Å². The van der Waals surface area contributed by atoms with Gasteiger partial charge in [-0.15, -0.1) is 0 Å². The molecule has 0 amide bonds. The number of para-hydroxylation sites is 1. The van der Waals surface area contributed by atoms with Crippen LogP contribution in [0.4, 0.5) is 5.69 Å². The van der Waals surface area contributed by atoms with Crippen LogP contribution in [0.3, 0.4) is 0 Å². The highest BCUT2D eigenvalue weighted by molar-refractivity contribution is 5.55. The monoisotopic (exact) mass is 284 g/mol. The summed E-state index contributed by atoms with van der Waals surface area (Å²) in [7, 11) is 1.97. The molecule has 0 saturated carbocycles. The third-order valence-corrected chi connectivity index (χ3v) is 4.10. The summed E-state index contributed by atoms with van der Waals surface area (Å²) >= 11 is 0. The van der Waals surface area contributed by atoms with Crippen molar-refractivity contribution in [2.45, 2.75) is 32.4 Å². The predicted molar refractivity (Wildman–Crippen MR) is 86.5 cm³/mol. The van der Waals surface area contributed by atoms with Gasteiger partial charge in [0.15, 0.2) is 0 Å². The van der Waals surface area contributed by atoms with Gasteiger partial charge >= 0.3 is 0 Å². The van der Waals surface area contributed by atoms with Gasteiger partial charge in [-0.2, -0.15) is 5.10 Å². The van der Waals surface area contributed by atoms with Crippen LogP contribution in [-0.2, 0) is 20.0 Å². The lowest BCUT2D eigenvalue weighted by molar-refractivity contribution is 0.395. The molecule has 0 aliphatic carbocycles. The molecule has 4 nitrogen and oxygen atoms in total. The Morgan fingerprint density at radius 3 is 2.86 bits per heavy atom. The Balaban J connectivity index is 1.80. The Morgan fingerprint density at radius 1 is 1.29 bits per heavy atom. The number of fused-ring (bicyclic) bond motifs is 1. The van der Waals surface area contributed by atoms with Gasteiger partial charge in [0.05, 0.1) is 6.20 Å². The van der Waals surface area contributed by atoms with Gasteiger partial charge in [-0.25, -0.2) is 0 Å². The van der Waals surface area contributed by atoms with Crippen molar-refractivity contribution in [3.8, 4) is 0 Å². The first-order chi connectivity index (χ1) is 10.0. The topological polar surface area (TPSA) is 33.1 Å². The highest BCUT2D eigenvalue weighted by Crippen LogP contribution is 2.26. The zero-order valence-electron chi connectivity index (χ0n) is 13.1. The number of nitrogens with one attached hydrogen (secondary N) is 1. The van der Waals surface area contributed by atoms with Crippen molar-refractivity contribution in [2.24, 2.45) is 7.05 Å². The second-order valence-electron chi connectivity index (χ2n) is 6.56. The van der Waals surface area contributed by atoms with E-state index in [1.54, 1.807) is 0 Å². The molecule has 0 fully saturated rings. The van der Waals surface area contributed by atoms with E-state index in [1.807, 2.05) is 17.9 Å². The standard InChI is InChI=1S/C17H24N4/c1-17(2)13-21(9-8-14-10-19-20(3)12-14)16-7-5-4-6-15(16)11-18-17/h4-7,10,12,18H,8-9,11,13H2,1-3H3. The molecule has 21 heavy (non-hydrogen) atoms. The lowest BCUT2D eigenvalue weighted by Gasteiger charge is -2.32. The normalized spacial score (nSPS) is 17.4. The first-order valence-electron chi connectivity index (χ1n) is 7.59. The minimum Gasteiger partial charge on any atom is -0.369 e. The number of benzene rings is 1. The van der Waals surface area contributed by atoms with Gasteiger partial charge in [0.2, 0.25) is 0 Å². The summed E-state index contributed by atoms with van der Waals surface area (Å²) in [4.78, 5) is 2.50. The highest BCUT2D eigenvalue weighted by atomic mass is 15.2. The molecule has 1 aromatic carbocycles. The van der Waals surface area contributed by atoms with E-state index in [0.717, 1.165) is 26.1 Å². The van der Waals surface area contributed by atoms with Crippen molar-refractivity contribution >= 4 is 5.69 Å². The van der Waals surface area contributed by atoms with Gasteiger partial charge in [-0.3, -0.25) is 4.68 Å². The van der Waals surface area contributed by atoms with E-state index in [-0.39, 0.29) is 5.54 Å². The summed E-state index contributed by atoms with van der Waals surface area (Å²) in [5.74, 6) is 0. The van der Waals surface area contributed by atoms with E-state index >= 15 is 0 Å². The molecule has 0 radical (unpaired) electrons. The quantitative estimate of drug-likeness (QED) is 0.939. The predicted octanol–water partition coefficient (Wildman–Crippen LogP) is 2.35. The zero-order valence-corrected chi connectivity index (χ0v) is 13.1. The Morgan fingerprint density at radius 2 is 2.10 bits per heavy atom. The second kappa shape index (κ2) is 5.53. The van der Waals surface area contributed by atoms with Crippen LogP contribution in [0.2, 0.25) is 0 Å². The van der Waals surface area contributed by atoms with Crippen LogP contribution in [0.1, 0.15) is 25.0 Å². The van der Waals surface area contributed by atoms with Crippen molar-refractivity contribution in [1.29, 1.82) is 0 Å². The van der Waals surface area contributed by atoms with Crippen LogP contribution in [0.15, 0.2) is 36.7 Å². The van der Waals surface area contributed by atoms with E-state index in [2.05, 4.69) is 59.6 Å². The van der Waals surface area contributed by atoms with E-state index in [9.17, 15) is 0 Å². The van der Waals surface area contributed by atoms with Crippen LogP contribution in [0.5, 0.6) is 0 Å². The largest absolute Gasteiger partial charge is 0.369 e. The number of hydrogen-bond acceptors (Lipinski definition) is 3. The molecule has 112 valence electrons. The van der Waals surface area contributed by atoms with Crippen LogP contribution in [0.25, 0.3) is 0 Å². The molecule has 4 heteroatoms. The van der Waals surface area contributed by atoms with Gasteiger partial charge < -0.3 is 10.2 Å². The van der Waals surface area contributed by atoms with Crippen LogP contribution >= 0.6 is 0 Å². The minimum atomic E-state index is 0.119. The van der Waals surface area contributed by atoms with Crippen molar-refractivity contribution in [2.75, 3.05) is 18.0 Å². The Kier molecular flexibility index (Phi) is 3.72. The molecule has 0 bridgehead atoms. The maximum absolute atomic E-state index is 4.26. The average Bonchev–Trinajstić information content (AvgIpc) is 2.81. The summed E-state index contributed by atoms with van der Waals surface area (Å²) < 4.78 is 1.87. The number of nitrogens with zero attached hydrogens (tertiary/aromatic N) is 3. The maximum atomic E-state index is 4.26. The molecule has 0 saturated heterocycles. The van der Waals surface area contributed by atoms with Crippen molar-refractivity contribution in [3.05, 3.63) is 47.8 Å². The first-order valence-corrected chi connectivity index (χ1v) is 7.59. The highest BCUT2D eigenvalue weighted by Gasteiger charge is 2.26. The zero-order chi connectivity index (χ0) is 14.9. The number of aryl methyl sites for hydroxylation is 1. The molecular weight excluding hydrogens is 260 g/mol. The lowest BCUT2D eigenvalue weighted by atomic mass is 10.1. The Labute approximate surface area is 126 Å². The fourth-order valence-electron chi connectivity index (χ4n) is 2.99. The van der Waals surface area contributed by atoms with Crippen molar-refractivity contribution < 1.29 is 0 Å². The molecule has 1 aromatic heterocycles. The smallest absolute Gasteiger partial charge is 0.0522 e. The molecular formula is C17H24N4. The minimum absolute atomic E-state index is 0.119. The summed E-state index contributed by atoms with van der Waals surface area (Å²) in [5, 5.41) is 7.91. The van der Waals surface area contributed by atoms with Gasteiger partial charge in [-0.05, 0) is 37.5 Å². The summed E-state index contributed by atoms with van der Waals surface area (Å²) in [6.07, 6.45) is 5.10. The lowest BCUT2D eigenvalue weighted by Crippen LogP contribution is -2.47. The molecule has 3 rings (SSSR count). The Bertz CT molecular complexity index is 615. The number of rotatable bonds is 3. The molecule has 1 aliphatic rings. The van der Waals surface area contributed by atoms with Gasteiger partial charge in [0.25, 0.3) is 0 Å². The van der Waals surface area contributed by atoms with Gasteiger partial charge in [-0.1, -0.05) is 18.2 Å². The fraction of sp³-hybridized carbons (Fsp3) is 0.471. The third kappa shape index (κ3) is 3.27. The molecule has 2 aromatic rings. The number of aromatic nitrogens is 2. The average molecular weight is 284 g/mol. The van der Waals surface area contributed by atoms with E-state index in [1.165, 1.54) is 16.8 Å². The molecule has 2 heterocycles. The maximum Gasteiger partial charge on any atom is 0.0522 e. The Hall–Kier alpha value is -1.81. The summed E-state index contributed by atoms with van der Waals surface area (Å²) in [6, 6.07) is 8.72. The van der Waals surface area contributed by atoms with Gasteiger partial charge in [0, 0.05) is 44.1 Å². The molecule has 0 atom stereocenters. The van der Waals surface area contributed by atoms with Crippen molar-refractivity contribution in [1.82, 2.24) is 15.1 Å². The molecule has 1 aliphatic heterocycles. The summed E-state index contributed by atoms with van der Waals surface area (Å²) in [6.45, 7) is 7.52. The number of anilines is 1. The summed E-state index contributed by atoms with van der Waals surface area (Å²) in [5.41, 5.74) is 4.16. The van der Waals surface area contributed by atoms with E-state index in [0.29, 0.717) is 0 Å². The first kappa shape index (κ1) is 14.1. The van der Waals surface area contributed by atoms with Crippen molar-refractivity contribution in [3.63, 3.8) is 0 Å². The third-order valence-electron chi connectivity index (χ3n) is 4.10.